The molecule has 0 unspecified atom stereocenters. The van der Waals surface area contributed by atoms with Gasteiger partial charge in [0.2, 0.25) is 5.91 Å². The number of nitrogens with one attached hydrogen (secondary N) is 1. The number of carbonyl (C=O) groups is 2. The molecule has 23 heavy (non-hydrogen) atoms. The fraction of sp³-hybridized carbons (Fsp3) is 0.467. The van der Waals surface area contributed by atoms with Crippen molar-refractivity contribution in [1.29, 1.82) is 0 Å². The Kier molecular flexibility index (Phi) is 4.84. The average molecular weight is 336 g/mol. The number of carbonyl (C=O) groups excluding carboxylic acids is 1. The van der Waals surface area contributed by atoms with E-state index in [1.165, 1.54) is 6.07 Å². The summed E-state index contributed by atoms with van der Waals surface area (Å²) in [5, 5.41) is 21.7. The first kappa shape index (κ1) is 17.1. The molecule has 0 atom stereocenters. The van der Waals surface area contributed by atoms with Crippen LogP contribution in [0.4, 0.5) is 0 Å². The van der Waals surface area contributed by atoms with Crippen LogP contribution in [0.1, 0.15) is 54.7 Å². The summed E-state index contributed by atoms with van der Waals surface area (Å²) in [7, 11) is 0. The maximum atomic E-state index is 12.2. The first-order valence-corrected chi connectivity index (χ1v) is 8.11. The van der Waals surface area contributed by atoms with Gasteiger partial charge in [-0.3, -0.25) is 4.79 Å². The maximum Gasteiger partial charge on any atom is 0.345 e. The van der Waals surface area contributed by atoms with Crippen molar-refractivity contribution in [1.82, 2.24) is 20.3 Å². The van der Waals surface area contributed by atoms with Crippen LogP contribution in [-0.2, 0) is 16.8 Å². The predicted molar refractivity (Wildman–Crippen MR) is 86.6 cm³/mol. The van der Waals surface area contributed by atoms with Gasteiger partial charge >= 0.3 is 5.97 Å². The van der Waals surface area contributed by atoms with E-state index in [1.54, 1.807) is 10.1 Å². The monoisotopic (exact) mass is 336 g/mol. The van der Waals surface area contributed by atoms with Crippen LogP contribution in [0.2, 0.25) is 0 Å². The molecule has 0 saturated heterocycles. The van der Waals surface area contributed by atoms with Crippen molar-refractivity contribution < 1.29 is 14.7 Å². The van der Waals surface area contributed by atoms with Crippen LogP contribution in [0.5, 0.6) is 0 Å². The molecule has 7 nitrogen and oxygen atoms in total. The van der Waals surface area contributed by atoms with E-state index in [4.69, 9.17) is 5.11 Å². The fourth-order valence-corrected chi connectivity index (χ4v) is 2.79. The zero-order valence-electron chi connectivity index (χ0n) is 13.5. The number of carboxylic acids is 1. The summed E-state index contributed by atoms with van der Waals surface area (Å²) >= 11 is 1.12. The van der Waals surface area contributed by atoms with Gasteiger partial charge < -0.3 is 10.4 Å². The number of carboxylic acid groups (broad SMARTS) is 1. The molecule has 1 amide bonds. The summed E-state index contributed by atoms with van der Waals surface area (Å²) in [6, 6.07) is 1.72. The minimum atomic E-state index is -0.979. The average Bonchev–Trinajstić information content (AvgIpc) is 3.06. The van der Waals surface area contributed by atoms with Crippen molar-refractivity contribution in [2.45, 2.75) is 45.7 Å². The van der Waals surface area contributed by atoms with E-state index in [1.807, 2.05) is 33.9 Å². The van der Waals surface area contributed by atoms with E-state index >= 15 is 0 Å². The SMILES string of the molecule is CC(C)n1cc(C(C)(C)NC(=O)Cc2csc(C(=O)O)c2)nn1. The van der Waals surface area contributed by atoms with Crippen molar-refractivity contribution in [3.63, 3.8) is 0 Å². The third kappa shape index (κ3) is 4.16. The molecule has 0 radical (unpaired) electrons. The number of amides is 1. The fourth-order valence-electron chi connectivity index (χ4n) is 2.04. The molecule has 8 heteroatoms. The number of nitrogens with zero attached hydrogens (tertiary/aromatic N) is 3. The Hall–Kier alpha value is -2.22. The highest BCUT2D eigenvalue weighted by molar-refractivity contribution is 7.12. The third-order valence-corrected chi connectivity index (χ3v) is 4.33. The molecule has 2 rings (SSSR count). The highest BCUT2D eigenvalue weighted by atomic mass is 32.1. The van der Waals surface area contributed by atoms with E-state index in [2.05, 4.69) is 15.6 Å². The Morgan fingerprint density at radius 2 is 2.13 bits per heavy atom. The van der Waals surface area contributed by atoms with Gasteiger partial charge in [0.15, 0.2) is 0 Å². The van der Waals surface area contributed by atoms with Gasteiger partial charge in [-0.15, -0.1) is 16.4 Å². The van der Waals surface area contributed by atoms with Gasteiger partial charge in [-0.25, -0.2) is 9.48 Å². The second kappa shape index (κ2) is 6.49. The molecule has 0 spiro atoms. The van der Waals surface area contributed by atoms with Crippen LogP contribution in [0.3, 0.4) is 0 Å². The van der Waals surface area contributed by atoms with Crippen molar-refractivity contribution >= 4 is 23.2 Å². The largest absolute Gasteiger partial charge is 0.477 e. The molecule has 2 aromatic heterocycles. The lowest BCUT2D eigenvalue weighted by Gasteiger charge is -2.23. The van der Waals surface area contributed by atoms with Crippen LogP contribution in [-0.4, -0.2) is 32.0 Å². The Labute approximate surface area is 138 Å². The first-order chi connectivity index (χ1) is 10.7. The van der Waals surface area contributed by atoms with Gasteiger partial charge in [0.1, 0.15) is 10.6 Å². The number of aromatic carboxylic acids is 1. The second-order valence-corrected chi connectivity index (χ2v) is 7.06. The number of aromatic nitrogens is 3. The first-order valence-electron chi connectivity index (χ1n) is 7.23. The number of thiophene rings is 1. The topological polar surface area (TPSA) is 97.1 Å². The molecule has 2 aromatic rings. The van der Waals surface area contributed by atoms with Crippen LogP contribution in [0.25, 0.3) is 0 Å². The smallest absolute Gasteiger partial charge is 0.345 e. The normalized spacial score (nSPS) is 11.7. The molecule has 0 aliphatic rings. The van der Waals surface area contributed by atoms with Crippen LogP contribution in [0, 0.1) is 0 Å². The van der Waals surface area contributed by atoms with E-state index in [-0.39, 0.29) is 23.2 Å². The van der Waals surface area contributed by atoms with Gasteiger partial charge in [-0.2, -0.15) is 0 Å². The predicted octanol–water partition coefficient (Wildman–Crippen LogP) is 2.21. The lowest BCUT2D eigenvalue weighted by molar-refractivity contribution is -0.122. The zero-order valence-corrected chi connectivity index (χ0v) is 14.3. The molecule has 2 N–H and O–H groups in total. The number of hydrogen-bond acceptors (Lipinski definition) is 5. The van der Waals surface area contributed by atoms with Crippen molar-refractivity contribution in [3.05, 3.63) is 33.8 Å². The Balaban J connectivity index is 2.03. The molecule has 0 aromatic carbocycles. The molecule has 124 valence electrons. The molecule has 0 bridgehead atoms. The van der Waals surface area contributed by atoms with Gasteiger partial charge in [0.05, 0.1) is 18.2 Å². The molecule has 0 aliphatic carbocycles. The van der Waals surface area contributed by atoms with Crippen molar-refractivity contribution in [3.8, 4) is 0 Å². The van der Waals surface area contributed by atoms with Gasteiger partial charge in [-0.1, -0.05) is 5.21 Å². The van der Waals surface area contributed by atoms with Crippen LogP contribution < -0.4 is 5.32 Å². The summed E-state index contributed by atoms with van der Waals surface area (Å²) in [5.74, 6) is -1.17. The summed E-state index contributed by atoms with van der Waals surface area (Å²) < 4.78 is 1.74. The molecule has 0 saturated carbocycles. The summed E-state index contributed by atoms with van der Waals surface area (Å²) in [6.45, 7) is 7.72. The minimum absolute atomic E-state index is 0.130. The van der Waals surface area contributed by atoms with E-state index in [0.717, 1.165) is 11.3 Å². The Bertz CT molecular complexity index is 718. The molecule has 0 aliphatic heterocycles. The summed E-state index contributed by atoms with van der Waals surface area (Å²) in [4.78, 5) is 23.3. The highest BCUT2D eigenvalue weighted by Gasteiger charge is 2.26. The minimum Gasteiger partial charge on any atom is -0.477 e. The second-order valence-electron chi connectivity index (χ2n) is 6.15. The summed E-state index contributed by atoms with van der Waals surface area (Å²) in [5.41, 5.74) is 0.707. The Morgan fingerprint density at radius 3 is 2.65 bits per heavy atom. The maximum absolute atomic E-state index is 12.2. The van der Waals surface area contributed by atoms with Crippen molar-refractivity contribution in [2.75, 3.05) is 0 Å². The lowest BCUT2D eigenvalue weighted by Crippen LogP contribution is -2.42. The van der Waals surface area contributed by atoms with E-state index in [0.29, 0.717) is 11.3 Å². The molecule has 2 heterocycles. The van der Waals surface area contributed by atoms with Crippen LogP contribution in [0.15, 0.2) is 17.6 Å². The highest BCUT2D eigenvalue weighted by Crippen LogP contribution is 2.20. The van der Waals surface area contributed by atoms with E-state index in [9.17, 15) is 9.59 Å². The summed E-state index contributed by atoms with van der Waals surface area (Å²) in [6.07, 6.45) is 1.95. The molecule has 0 fully saturated rings. The molecular formula is C15H20N4O3S. The van der Waals surface area contributed by atoms with Gasteiger partial charge in [-0.05, 0) is 44.7 Å². The Morgan fingerprint density at radius 1 is 1.43 bits per heavy atom. The number of hydrogen-bond donors (Lipinski definition) is 2. The van der Waals surface area contributed by atoms with Crippen LogP contribution >= 0.6 is 11.3 Å². The van der Waals surface area contributed by atoms with Gasteiger partial charge in [0.25, 0.3) is 0 Å². The third-order valence-electron chi connectivity index (χ3n) is 3.36. The number of rotatable bonds is 6. The molecular weight excluding hydrogens is 316 g/mol. The van der Waals surface area contributed by atoms with Crippen molar-refractivity contribution in [2.24, 2.45) is 0 Å². The standard InChI is InChI=1S/C15H20N4O3S/c1-9(2)19-7-12(17-18-19)15(3,4)16-13(20)6-10-5-11(14(21)22)23-8-10/h5,7-9H,6H2,1-4H3,(H,16,20)(H,21,22). The lowest BCUT2D eigenvalue weighted by atomic mass is 10.0. The van der Waals surface area contributed by atoms with E-state index < -0.39 is 11.5 Å². The van der Waals surface area contributed by atoms with Gasteiger partial charge in [0, 0.05) is 6.04 Å². The zero-order chi connectivity index (χ0) is 17.2. The quantitative estimate of drug-likeness (QED) is 0.843.